The van der Waals surface area contributed by atoms with Crippen molar-refractivity contribution in [3.8, 4) is 40.2 Å². The van der Waals surface area contributed by atoms with Crippen molar-refractivity contribution >= 4 is 0 Å². The van der Waals surface area contributed by atoms with Crippen LogP contribution in [0.3, 0.4) is 0 Å². The Balaban J connectivity index is 1.60. The molecule has 0 amide bonds. The van der Waals surface area contributed by atoms with Crippen LogP contribution >= 0.6 is 0 Å². The fourth-order valence-electron chi connectivity index (χ4n) is 4.30. The summed E-state index contributed by atoms with van der Waals surface area (Å²) in [5.41, 5.74) is 3.58. The number of aryl methyl sites for hydroxylation is 2. The lowest BCUT2D eigenvalue weighted by Crippen LogP contribution is -2.06. The fourth-order valence-corrected chi connectivity index (χ4v) is 4.30. The molecule has 0 radical (unpaired) electrons. The van der Waals surface area contributed by atoms with Gasteiger partial charge >= 0.3 is 0 Å². The maximum Gasteiger partial charge on any atom is 0.201 e. The van der Waals surface area contributed by atoms with E-state index in [4.69, 9.17) is 14.2 Å². The number of para-hydroxylation sites is 1. The van der Waals surface area contributed by atoms with Gasteiger partial charge in [-0.2, -0.15) is 0 Å². The van der Waals surface area contributed by atoms with E-state index >= 15 is 0 Å². The number of benzene rings is 4. The van der Waals surface area contributed by atoms with Crippen LogP contribution in [0.5, 0.6) is 40.2 Å². The Morgan fingerprint density at radius 2 is 1.54 bits per heavy atom. The van der Waals surface area contributed by atoms with Crippen LogP contribution in [0, 0.1) is 0 Å². The Morgan fingerprint density at radius 1 is 0.743 bits per heavy atom. The van der Waals surface area contributed by atoms with Crippen molar-refractivity contribution in [1.29, 1.82) is 0 Å². The van der Waals surface area contributed by atoms with Crippen LogP contribution in [0.2, 0.25) is 0 Å². The smallest absolute Gasteiger partial charge is 0.201 e. The van der Waals surface area contributed by atoms with Gasteiger partial charge in [0.1, 0.15) is 11.5 Å². The van der Waals surface area contributed by atoms with Gasteiger partial charge in [-0.15, -0.1) is 0 Å². The Bertz CT molecular complexity index is 1350. The van der Waals surface area contributed by atoms with E-state index in [1.54, 1.807) is 19.2 Å². The molecule has 0 saturated carbocycles. The first-order valence-electron chi connectivity index (χ1n) is 11.4. The van der Waals surface area contributed by atoms with E-state index in [9.17, 15) is 15.3 Å². The number of aromatic hydroxyl groups is 3. The SMILES string of the molecule is COC1Cc2cccc(c2)Oc2c(O)cccc2CCc2ccc(cc2)Oc2cc1cc(O)c2O. The standard InChI is InChI=1S/C29H26O6/c1-33-26-15-19-4-2-6-23(14-19)35-29-20(5-3-7-24(29)30)11-8-18-9-12-22(13-10-18)34-27-17-21(26)16-25(31)28(27)32/h2-7,9-10,12-14,16-17,26,30-32H,8,11,15H2,1H3. The van der Waals surface area contributed by atoms with Crippen LogP contribution in [0.1, 0.15) is 28.4 Å². The molecule has 2 aliphatic heterocycles. The summed E-state index contributed by atoms with van der Waals surface area (Å²) in [4.78, 5) is 0. The molecule has 1 atom stereocenters. The summed E-state index contributed by atoms with van der Waals surface area (Å²) in [6.45, 7) is 0. The van der Waals surface area contributed by atoms with Crippen molar-refractivity contribution in [1.82, 2.24) is 0 Å². The fraction of sp³-hybridized carbons (Fsp3) is 0.172. The van der Waals surface area contributed by atoms with Crippen LogP contribution in [-0.2, 0) is 24.0 Å². The molecule has 0 fully saturated rings. The van der Waals surface area contributed by atoms with Crippen molar-refractivity contribution in [2.75, 3.05) is 7.11 Å². The van der Waals surface area contributed by atoms with Gasteiger partial charge in [-0.25, -0.2) is 0 Å². The van der Waals surface area contributed by atoms with Gasteiger partial charge in [0.2, 0.25) is 5.75 Å². The first-order chi connectivity index (χ1) is 17.0. The summed E-state index contributed by atoms with van der Waals surface area (Å²) in [5, 5.41) is 31.3. The van der Waals surface area contributed by atoms with Crippen molar-refractivity contribution in [2.24, 2.45) is 0 Å². The average Bonchev–Trinajstić information content (AvgIpc) is 2.86. The van der Waals surface area contributed by atoms with E-state index in [0.29, 0.717) is 35.7 Å². The molecule has 6 heteroatoms. The Hall–Kier alpha value is -4.16. The third kappa shape index (κ3) is 4.88. The number of ether oxygens (including phenoxy) is 3. The molecular formula is C29H26O6. The number of phenolic OH excluding ortho intramolecular Hbond substituents is 3. The van der Waals surface area contributed by atoms with Crippen molar-refractivity contribution < 1.29 is 29.5 Å². The molecule has 2 heterocycles. The van der Waals surface area contributed by atoms with Crippen LogP contribution in [0.4, 0.5) is 0 Å². The third-order valence-corrected chi connectivity index (χ3v) is 6.18. The van der Waals surface area contributed by atoms with E-state index in [2.05, 4.69) is 0 Å². The highest BCUT2D eigenvalue weighted by molar-refractivity contribution is 5.54. The highest BCUT2D eigenvalue weighted by atomic mass is 16.5. The van der Waals surface area contributed by atoms with Gasteiger partial charge in [-0.3, -0.25) is 0 Å². The Kier molecular flexibility index (Phi) is 6.21. The summed E-state index contributed by atoms with van der Waals surface area (Å²) in [6, 6.07) is 23.7. The van der Waals surface area contributed by atoms with Gasteiger partial charge < -0.3 is 29.5 Å². The van der Waals surface area contributed by atoms with Crippen molar-refractivity contribution in [2.45, 2.75) is 25.4 Å². The lowest BCUT2D eigenvalue weighted by molar-refractivity contribution is 0.103. The molecule has 2 aliphatic rings. The molecule has 0 aliphatic carbocycles. The molecule has 6 bridgehead atoms. The molecule has 3 N–H and O–H groups in total. The molecule has 4 aromatic carbocycles. The summed E-state index contributed by atoms with van der Waals surface area (Å²) in [7, 11) is 1.59. The molecule has 0 aromatic heterocycles. The van der Waals surface area contributed by atoms with Crippen LogP contribution in [0.25, 0.3) is 0 Å². The van der Waals surface area contributed by atoms with Crippen molar-refractivity contribution in [3.05, 3.63) is 101 Å². The number of hydrogen-bond acceptors (Lipinski definition) is 6. The summed E-state index contributed by atoms with van der Waals surface area (Å²) < 4.78 is 17.8. The third-order valence-electron chi connectivity index (χ3n) is 6.18. The molecule has 35 heavy (non-hydrogen) atoms. The monoisotopic (exact) mass is 470 g/mol. The highest BCUT2D eigenvalue weighted by Gasteiger charge is 2.19. The summed E-state index contributed by atoms with van der Waals surface area (Å²) in [6.07, 6.45) is 1.48. The quantitative estimate of drug-likeness (QED) is 0.278. The number of hydrogen-bond donors (Lipinski definition) is 3. The highest BCUT2D eigenvalue weighted by Crippen LogP contribution is 2.42. The molecule has 178 valence electrons. The maximum absolute atomic E-state index is 10.5. The summed E-state index contributed by atoms with van der Waals surface area (Å²) in [5.74, 6) is 1.21. The summed E-state index contributed by atoms with van der Waals surface area (Å²) >= 11 is 0. The zero-order chi connectivity index (χ0) is 24.4. The predicted molar refractivity (Wildman–Crippen MR) is 132 cm³/mol. The van der Waals surface area contributed by atoms with Gasteiger partial charge in [0.05, 0.1) is 6.10 Å². The van der Waals surface area contributed by atoms with E-state index in [1.165, 1.54) is 6.07 Å². The second-order valence-electron chi connectivity index (χ2n) is 8.58. The maximum atomic E-state index is 10.5. The molecule has 4 aromatic rings. The van der Waals surface area contributed by atoms with Gasteiger partial charge in [-0.05, 0) is 77.6 Å². The lowest BCUT2D eigenvalue weighted by Gasteiger charge is -2.19. The molecule has 6 nitrogen and oxygen atoms in total. The minimum atomic E-state index is -0.416. The van der Waals surface area contributed by atoms with Crippen LogP contribution < -0.4 is 9.47 Å². The Morgan fingerprint density at radius 3 is 2.34 bits per heavy atom. The first-order valence-corrected chi connectivity index (χ1v) is 11.4. The predicted octanol–water partition coefficient (Wildman–Crippen LogP) is 6.42. The first kappa shape index (κ1) is 22.6. The van der Waals surface area contributed by atoms with E-state index in [-0.39, 0.29) is 23.0 Å². The topological polar surface area (TPSA) is 88.4 Å². The van der Waals surface area contributed by atoms with Crippen LogP contribution in [0.15, 0.2) is 78.9 Å². The van der Waals surface area contributed by atoms with Gasteiger partial charge in [0.15, 0.2) is 23.0 Å². The zero-order valence-electron chi connectivity index (χ0n) is 19.3. The molecule has 0 spiro atoms. The van der Waals surface area contributed by atoms with E-state index < -0.39 is 6.10 Å². The second kappa shape index (κ2) is 9.60. The largest absolute Gasteiger partial charge is 0.504 e. The Labute approximate surface area is 203 Å². The van der Waals surface area contributed by atoms with E-state index in [1.807, 2.05) is 60.7 Å². The molecular weight excluding hydrogens is 444 g/mol. The van der Waals surface area contributed by atoms with Gasteiger partial charge in [0.25, 0.3) is 0 Å². The van der Waals surface area contributed by atoms with Gasteiger partial charge in [-0.1, -0.05) is 36.4 Å². The number of methoxy groups -OCH3 is 1. The van der Waals surface area contributed by atoms with E-state index in [0.717, 1.165) is 23.1 Å². The minimum Gasteiger partial charge on any atom is -0.504 e. The number of fused-ring (bicyclic) bond motifs is 4. The molecule has 1 unspecified atom stereocenters. The normalized spacial score (nSPS) is 15.3. The van der Waals surface area contributed by atoms with Gasteiger partial charge in [0, 0.05) is 13.5 Å². The number of phenols is 3. The molecule has 0 saturated heterocycles. The molecule has 6 rings (SSSR count). The lowest BCUT2D eigenvalue weighted by atomic mass is 10.00. The minimum absolute atomic E-state index is 0.0907. The van der Waals surface area contributed by atoms with Crippen LogP contribution in [-0.4, -0.2) is 22.4 Å². The zero-order valence-corrected chi connectivity index (χ0v) is 19.3. The van der Waals surface area contributed by atoms with Crippen molar-refractivity contribution in [3.63, 3.8) is 0 Å². The number of rotatable bonds is 1. The average molecular weight is 471 g/mol. The second-order valence-corrected chi connectivity index (χ2v) is 8.58.